The fourth-order valence-electron chi connectivity index (χ4n) is 6.49. The zero-order chi connectivity index (χ0) is 31.6. The molecule has 1 N–H and O–H groups in total. The lowest BCUT2D eigenvalue weighted by atomic mass is 9.83. The summed E-state index contributed by atoms with van der Waals surface area (Å²) >= 11 is 1.60. The monoisotopic (exact) mass is 618 g/mol. The van der Waals surface area contributed by atoms with Gasteiger partial charge in [-0.2, -0.15) is 0 Å². The molecule has 0 radical (unpaired) electrons. The van der Waals surface area contributed by atoms with E-state index >= 15 is 0 Å². The number of hydrogen-bond donors (Lipinski definition) is 1. The van der Waals surface area contributed by atoms with E-state index in [2.05, 4.69) is 54.0 Å². The number of carbonyl (C=O) groups excluding carboxylic acids is 3. The molecule has 1 aliphatic carbocycles. The summed E-state index contributed by atoms with van der Waals surface area (Å²) in [5.41, 5.74) is 2.58. The van der Waals surface area contributed by atoms with E-state index in [0.717, 1.165) is 61.2 Å². The normalized spacial score (nSPS) is 19.0. The Kier molecular flexibility index (Phi) is 9.63. The number of aryl methyl sites for hydroxylation is 1. The quantitative estimate of drug-likeness (QED) is 0.301. The number of likely N-dealkylation sites (N-methyl/N-ethyl adjacent to an activating group) is 1. The second-order valence-corrected chi connectivity index (χ2v) is 14.3. The van der Waals surface area contributed by atoms with Gasteiger partial charge in [-0.1, -0.05) is 55.7 Å². The van der Waals surface area contributed by atoms with Crippen molar-refractivity contribution in [2.75, 3.05) is 13.6 Å². The lowest BCUT2D eigenvalue weighted by molar-refractivity contribution is -0.140. The maximum absolute atomic E-state index is 14.3. The van der Waals surface area contributed by atoms with Crippen LogP contribution in [0.3, 0.4) is 0 Å². The Balaban J connectivity index is 1.36. The van der Waals surface area contributed by atoms with Gasteiger partial charge in [0.2, 0.25) is 11.8 Å². The molecule has 3 amide bonds. The number of nitrogens with zero attached hydrogens (tertiary/aromatic N) is 3. The van der Waals surface area contributed by atoms with Crippen molar-refractivity contribution >= 4 is 40.0 Å². The van der Waals surface area contributed by atoms with Gasteiger partial charge in [0.15, 0.2) is 0 Å². The molecule has 3 aromatic rings. The third-order valence-corrected chi connectivity index (χ3v) is 10.0. The van der Waals surface area contributed by atoms with Gasteiger partial charge < -0.3 is 15.0 Å². The number of nitrogens with one attached hydrogen (secondary N) is 1. The molecule has 9 heteroatoms. The third-order valence-electron chi connectivity index (χ3n) is 9.09. The van der Waals surface area contributed by atoms with Crippen molar-refractivity contribution in [1.29, 1.82) is 0 Å². The summed E-state index contributed by atoms with van der Waals surface area (Å²) < 4.78 is 5.47. The highest BCUT2D eigenvalue weighted by Gasteiger charge is 2.41. The standard InChI is InChI=1S/C35H46N4O4S/c1-22-18-19-27(26-16-11-10-15-25(22)26)28-21-44-32(36-28)29-17-12-20-39(29)33(41)30(24-13-8-7-9-14-24)37-31(40)23(2)38(6)34(42)43-35(3,4)5/h10-11,15-16,18-19,21,23-24,29-30H,7-9,12-14,17,20H2,1-6H3,(H,37,40)/t23-,29-,30-/m0/s1. The van der Waals surface area contributed by atoms with Crippen molar-refractivity contribution in [2.24, 2.45) is 5.92 Å². The Morgan fingerprint density at radius 2 is 1.73 bits per heavy atom. The molecule has 8 nitrogen and oxygen atoms in total. The highest BCUT2D eigenvalue weighted by atomic mass is 32.1. The first kappa shape index (κ1) is 31.9. The smallest absolute Gasteiger partial charge is 0.410 e. The molecule has 2 fully saturated rings. The molecule has 1 aromatic heterocycles. The zero-order valence-corrected chi connectivity index (χ0v) is 27.7. The highest BCUT2D eigenvalue weighted by molar-refractivity contribution is 7.10. The van der Waals surface area contributed by atoms with Gasteiger partial charge >= 0.3 is 6.09 Å². The van der Waals surface area contributed by atoms with Crippen LogP contribution < -0.4 is 5.32 Å². The van der Waals surface area contributed by atoms with E-state index in [1.165, 1.54) is 21.2 Å². The summed E-state index contributed by atoms with van der Waals surface area (Å²) in [4.78, 5) is 48.9. The average molecular weight is 619 g/mol. The van der Waals surface area contributed by atoms with Gasteiger partial charge in [0.05, 0.1) is 11.7 Å². The Labute approximate surface area is 265 Å². The minimum atomic E-state index is -0.788. The number of likely N-dealkylation sites (tertiary alicyclic amines) is 1. The Morgan fingerprint density at radius 3 is 2.43 bits per heavy atom. The molecule has 3 atom stereocenters. The lowest BCUT2D eigenvalue weighted by Crippen LogP contribution is -2.56. The third kappa shape index (κ3) is 6.93. The first-order valence-electron chi connectivity index (χ1n) is 16.0. The molecule has 0 bridgehead atoms. The van der Waals surface area contributed by atoms with Crippen molar-refractivity contribution in [1.82, 2.24) is 20.1 Å². The predicted octanol–water partition coefficient (Wildman–Crippen LogP) is 7.26. The maximum Gasteiger partial charge on any atom is 0.410 e. The SMILES string of the molecule is Cc1ccc(-c2csc([C@@H]3CCCN3C(=O)[C@@H](NC(=O)[C@H](C)N(C)C(=O)OC(C)(C)C)C3CCCCC3)n2)c2ccccc12. The van der Waals surface area contributed by atoms with Gasteiger partial charge in [-0.25, -0.2) is 9.78 Å². The summed E-state index contributed by atoms with van der Waals surface area (Å²) in [6, 6.07) is 11.1. The van der Waals surface area contributed by atoms with E-state index in [4.69, 9.17) is 9.72 Å². The molecule has 0 spiro atoms. The molecule has 236 valence electrons. The molecule has 2 aromatic carbocycles. The molecule has 1 saturated heterocycles. The van der Waals surface area contributed by atoms with Crippen LogP contribution in [-0.2, 0) is 14.3 Å². The summed E-state index contributed by atoms with van der Waals surface area (Å²) in [5.74, 6) is -0.329. The average Bonchev–Trinajstić information content (AvgIpc) is 3.69. The topological polar surface area (TPSA) is 91.8 Å². The first-order chi connectivity index (χ1) is 20.9. The van der Waals surface area contributed by atoms with Gasteiger partial charge in [-0.3, -0.25) is 14.5 Å². The molecule has 5 rings (SSSR count). The van der Waals surface area contributed by atoms with E-state index in [1.807, 2.05) is 4.90 Å². The number of benzene rings is 2. The summed E-state index contributed by atoms with van der Waals surface area (Å²) in [5, 5.41) is 8.52. The fraction of sp³-hybridized carbons (Fsp3) is 0.543. The van der Waals surface area contributed by atoms with Crippen molar-refractivity contribution < 1.29 is 19.1 Å². The predicted molar refractivity (Wildman–Crippen MR) is 175 cm³/mol. The van der Waals surface area contributed by atoms with Crippen molar-refractivity contribution in [2.45, 2.75) is 103 Å². The van der Waals surface area contributed by atoms with Gasteiger partial charge in [0, 0.05) is 24.5 Å². The minimum Gasteiger partial charge on any atom is -0.444 e. The van der Waals surface area contributed by atoms with E-state index in [0.29, 0.717) is 6.54 Å². The van der Waals surface area contributed by atoms with Crippen molar-refractivity contribution in [3.63, 3.8) is 0 Å². The highest BCUT2D eigenvalue weighted by Crippen LogP contribution is 2.39. The molecule has 44 heavy (non-hydrogen) atoms. The van der Waals surface area contributed by atoms with Gasteiger partial charge in [0.1, 0.15) is 22.7 Å². The summed E-state index contributed by atoms with van der Waals surface area (Å²) in [7, 11) is 1.56. The zero-order valence-electron chi connectivity index (χ0n) is 26.9. The maximum atomic E-state index is 14.3. The molecule has 0 unspecified atom stereocenters. The van der Waals surface area contributed by atoms with Crippen LogP contribution in [0.1, 0.15) is 89.3 Å². The Morgan fingerprint density at radius 1 is 1.02 bits per heavy atom. The number of amides is 3. The van der Waals surface area contributed by atoms with E-state index < -0.39 is 23.8 Å². The molecule has 2 heterocycles. The second-order valence-electron chi connectivity index (χ2n) is 13.4. The van der Waals surface area contributed by atoms with Gasteiger partial charge in [-0.15, -0.1) is 11.3 Å². The number of aromatic nitrogens is 1. The van der Waals surface area contributed by atoms with Gasteiger partial charge in [-0.05, 0) is 82.6 Å². The number of rotatable bonds is 7. The van der Waals surface area contributed by atoms with Crippen LogP contribution in [-0.4, -0.2) is 64.0 Å². The molecule has 1 saturated carbocycles. The van der Waals surface area contributed by atoms with Crippen molar-refractivity contribution in [3.05, 3.63) is 52.3 Å². The number of carbonyl (C=O) groups is 3. The van der Waals surface area contributed by atoms with E-state index in [9.17, 15) is 14.4 Å². The minimum absolute atomic E-state index is 0.0441. The number of fused-ring (bicyclic) bond motifs is 1. The van der Waals surface area contributed by atoms with E-state index in [-0.39, 0.29) is 23.8 Å². The number of thiazole rings is 1. The lowest BCUT2D eigenvalue weighted by Gasteiger charge is -2.36. The van der Waals surface area contributed by atoms with Crippen LogP contribution >= 0.6 is 11.3 Å². The van der Waals surface area contributed by atoms with Crippen LogP contribution in [0.4, 0.5) is 4.79 Å². The Bertz CT molecular complexity index is 1510. The second kappa shape index (κ2) is 13.3. The van der Waals surface area contributed by atoms with Gasteiger partial charge in [0.25, 0.3) is 0 Å². The van der Waals surface area contributed by atoms with Crippen LogP contribution in [0.5, 0.6) is 0 Å². The summed E-state index contributed by atoms with van der Waals surface area (Å²) in [6.07, 6.45) is 6.19. The fourth-order valence-corrected chi connectivity index (χ4v) is 7.46. The van der Waals surface area contributed by atoms with Crippen LogP contribution in [0, 0.1) is 12.8 Å². The summed E-state index contributed by atoms with van der Waals surface area (Å²) in [6.45, 7) is 9.81. The first-order valence-corrected chi connectivity index (χ1v) is 16.8. The van der Waals surface area contributed by atoms with E-state index in [1.54, 1.807) is 46.1 Å². The van der Waals surface area contributed by atoms with Crippen molar-refractivity contribution in [3.8, 4) is 11.3 Å². The Hall–Kier alpha value is -3.46. The number of hydrogen-bond acceptors (Lipinski definition) is 6. The molecule has 2 aliphatic rings. The van der Waals surface area contributed by atoms with Crippen LogP contribution in [0.2, 0.25) is 0 Å². The van der Waals surface area contributed by atoms with Crippen LogP contribution in [0.25, 0.3) is 22.0 Å². The van der Waals surface area contributed by atoms with Crippen LogP contribution in [0.15, 0.2) is 41.8 Å². The molecular formula is C35H46N4O4S. The molecule has 1 aliphatic heterocycles. The largest absolute Gasteiger partial charge is 0.444 e. The number of ether oxygens (including phenoxy) is 1. The molecular weight excluding hydrogens is 572 g/mol.